The molecule has 1 amide bonds. The highest BCUT2D eigenvalue weighted by Crippen LogP contribution is 2.31. The highest BCUT2D eigenvalue weighted by atomic mass is 19.1. The van der Waals surface area contributed by atoms with Gasteiger partial charge in [0.15, 0.2) is 0 Å². The lowest BCUT2D eigenvalue weighted by Crippen LogP contribution is -2.15. The number of hydrogen-bond acceptors (Lipinski definition) is 2. The van der Waals surface area contributed by atoms with E-state index in [0.717, 1.165) is 12.1 Å². The second kappa shape index (κ2) is 5.72. The number of ether oxygens (including phenoxy) is 1. The average molecular weight is 316 g/mol. The Morgan fingerprint density at radius 1 is 1.13 bits per heavy atom. The van der Waals surface area contributed by atoms with Crippen LogP contribution < -0.4 is 10.1 Å². The lowest BCUT2D eigenvalue weighted by atomic mass is 10.1. The summed E-state index contributed by atoms with van der Waals surface area (Å²) < 4.78 is 32.7. The van der Waals surface area contributed by atoms with Gasteiger partial charge in [0.25, 0.3) is 5.91 Å². The van der Waals surface area contributed by atoms with Crippen molar-refractivity contribution in [3.63, 3.8) is 0 Å². The van der Waals surface area contributed by atoms with Crippen LogP contribution in [-0.2, 0) is 0 Å². The smallest absolute Gasteiger partial charge is 0.258 e. The first-order chi connectivity index (χ1) is 11.0. The number of halogens is 2. The third-order valence-electron chi connectivity index (χ3n) is 3.62. The van der Waals surface area contributed by atoms with Crippen LogP contribution in [0.5, 0.6) is 5.75 Å². The lowest BCUT2D eigenvalue weighted by molar-refractivity contribution is 0.102. The molecule has 0 saturated carbocycles. The Morgan fingerprint density at radius 2 is 1.78 bits per heavy atom. The lowest BCUT2D eigenvalue weighted by Gasteiger charge is -2.09. The highest BCUT2D eigenvalue weighted by Gasteiger charge is 2.21. The molecule has 1 aromatic heterocycles. The van der Waals surface area contributed by atoms with Gasteiger partial charge >= 0.3 is 0 Å². The largest absolute Gasteiger partial charge is 0.496 e. The van der Waals surface area contributed by atoms with Crippen molar-refractivity contribution in [2.45, 2.75) is 6.92 Å². The molecule has 0 aliphatic rings. The summed E-state index contributed by atoms with van der Waals surface area (Å²) in [7, 11) is 1.50. The molecule has 1 heterocycles. The van der Waals surface area contributed by atoms with Crippen molar-refractivity contribution in [2.24, 2.45) is 0 Å². The molecule has 4 nitrogen and oxygen atoms in total. The summed E-state index contributed by atoms with van der Waals surface area (Å²) in [5.74, 6) is -1.76. The molecule has 3 aromatic rings. The summed E-state index contributed by atoms with van der Waals surface area (Å²) >= 11 is 0. The van der Waals surface area contributed by atoms with Gasteiger partial charge in [-0.2, -0.15) is 0 Å². The predicted molar refractivity (Wildman–Crippen MR) is 83.9 cm³/mol. The van der Waals surface area contributed by atoms with E-state index < -0.39 is 23.2 Å². The van der Waals surface area contributed by atoms with E-state index in [1.165, 1.54) is 13.2 Å². The molecule has 23 heavy (non-hydrogen) atoms. The van der Waals surface area contributed by atoms with Crippen LogP contribution in [0, 0.1) is 18.6 Å². The normalized spacial score (nSPS) is 10.8. The average Bonchev–Trinajstić information content (AvgIpc) is 2.86. The number of H-pyrrole nitrogens is 1. The number of rotatable bonds is 3. The van der Waals surface area contributed by atoms with Gasteiger partial charge in [0.1, 0.15) is 23.1 Å². The summed E-state index contributed by atoms with van der Waals surface area (Å²) in [5, 5.41) is 2.87. The summed E-state index contributed by atoms with van der Waals surface area (Å²) in [6, 6.07) is 8.71. The molecule has 0 saturated heterocycles. The Hall–Kier alpha value is -2.89. The molecule has 6 heteroatoms. The molecule has 2 aromatic carbocycles. The molecule has 0 aliphatic heterocycles. The maximum Gasteiger partial charge on any atom is 0.258 e. The molecule has 0 fully saturated rings. The minimum atomic E-state index is -0.831. The zero-order valence-corrected chi connectivity index (χ0v) is 12.5. The van der Waals surface area contributed by atoms with E-state index in [2.05, 4.69) is 10.3 Å². The van der Waals surface area contributed by atoms with Crippen molar-refractivity contribution in [3.05, 3.63) is 59.3 Å². The van der Waals surface area contributed by atoms with Gasteiger partial charge in [0.05, 0.1) is 23.6 Å². The highest BCUT2D eigenvalue weighted by molar-refractivity contribution is 6.15. The molecule has 0 radical (unpaired) electrons. The Balaban J connectivity index is 2.10. The number of carbonyl (C=O) groups is 1. The Morgan fingerprint density at radius 3 is 2.43 bits per heavy atom. The summed E-state index contributed by atoms with van der Waals surface area (Å²) in [6.45, 7) is 1.71. The van der Waals surface area contributed by atoms with Gasteiger partial charge in [-0.25, -0.2) is 8.78 Å². The topological polar surface area (TPSA) is 54.1 Å². The number of aromatic amines is 1. The molecule has 2 N–H and O–H groups in total. The quantitative estimate of drug-likeness (QED) is 0.767. The van der Waals surface area contributed by atoms with Crippen LogP contribution in [0.25, 0.3) is 10.9 Å². The van der Waals surface area contributed by atoms with E-state index in [-0.39, 0.29) is 0 Å². The number of nitrogens with one attached hydrogen (secondary N) is 2. The predicted octanol–water partition coefficient (Wildman–Crippen LogP) is 4.02. The maximum absolute atomic E-state index is 13.7. The van der Waals surface area contributed by atoms with Gasteiger partial charge in [-0.1, -0.05) is 12.1 Å². The fraction of sp³-hybridized carbons (Fsp3) is 0.118. The second-order valence-corrected chi connectivity index (χ2v) is 5.06. The van der Waals surface area contributed by atoms with Gasteiger partial charge in [-0.15, -0.1) is 0 Å². The monoisotopic (exact) mass is 316 g/mol. The molecule has 0 aliphatic carbocycles. The number of anilines is 1. The molecule has 0 atom stereocenters. The van der Waals surface area contributed by atoms with Crippen molar-refractivity contribution in [3.8, 4) is 5.75 Å². The Labute approximate surface area is 131 Å². The number of benzene rings is 2. The number of carbonyl (C=O) groups excluding carboxylic acids is 1. The molecule has 3 rings (SSSR count). The fourth-order valence-corrected chi connectivity index (χ4v) is 2.59. The molecule has 0 spiro atoms. The number of aryl methyl sites for hydroxylation is 1. The van der Waals surface area contributed by atoms with Crippen molar-refractivity contribution in [1.29, 1.82) is 0 Å². The minimum Gasteiger partial charge on any atom is -0.496 e. The summed E-state index contributed by atoms with van der Waals surface area (Å²) in [6.07, 6.45) is 0. The number of methoxy groups -OCH3 is 1. The zero-order chi connectivity index (χ0) is 16.6. The number of hydrogen-bond donors (Lipinski definition) is 2. The SMILES string of the molecule is COc1cccc2[nH]c(C)c(C(=O)Nc3c(F)cccc3F)c12. The van der Waals surface area contributed by atoms with Crippen LogP contribution in [0.2, 0.25) is 0 Å². The van der Waals surface area contributed by atoms with E-state index in [0.29, 0.717) is 27.9 Å². The van der Waals surface area contributed by atoms with E-state index in [1.54, 1.807) is 25.1 Å². The first-order valence-corrected chi connectivity index (χ1v) is 6.93. The van der Waals surface area contributed by atoms with Crippen LogP contribution in [0.4, 0.5) is 14.5 Å². The van der Waals surface area contributed by atoms with Crippen LogP contribution in [0.15, 0.2) is 36.4 Å². The molecule has 0 bridgehead atoms. The van der Waals surface area contributed by atoms with Gasteiger partial charge in [-0.05, 0) is 31.2 Å². The standard InChI is InChI=1S/C17H14F2N2O2/c1-9-14(15-12(20-9)7-4-8-13(15)23-2)17(22)21-16-10(18)5-3-6-11(16)19/h3-8,20H,1-2H3,(H,21,22). The van der Waals surface area contributed by atoms with Gasteiger partial charge in [0, 0.05) is 5.69 Å². The van der Waals surface area contributed by atoms with Crippen molar-refractivity contribution in [2.75, 3.05) is 12.4 Å². The van der Waals surface area contributed by atoms with E-state index in [9.17, 15) is 13.6 Å². The number of fused-ring (bicyclic) bond motifs is 1. The van der Waals surface area contributed by atoms with Crippen LogP contribution in [-0.4, -0.2) is 18.0 Å². The Bertz CT molecular complexity index is 883. The summed E-state index contributed by atoms with van der Waals surface area (Å²) in [5.41, 5.74) is 1.11. The van der Waals surface area contributed by atoms with Crippen LogP contribution in [0.1, 0.15) is 16.1 Å². The molecule has 0 unspecified atom stereocenters. The van der Waals surface area contributed by atoms with Crippen molar-refractivity contribution < 1.29 is 18.3 Å². The van der Waals surface area contributed by atoms with Crippen LogP contribution in [0.3, 0.4) is 0 Å². The van der Waals surface area contributed by atoms with Crippen molar-refractivity contribution in [1.82, 2.24) is 4.98 Å². The van der Waals surface area contributed by atoms with Gasteiger partial charge in [-0.3, -0.25) is 4.79 Å². The van der Waals surface area contributed by atoms with E-state index in [1.807, 2.05) is 0 Å². The Kier molecular flexibility index (Phi) is 3.73. The number of aromatic nitrogens is 1. The molecular weight excluding hydrogens is 302 g/mol. The first kappa shape index (κ1) is 15.0. The number of para-hydroxylation sites is 1. The maximum atomic E-state index is 13.7. The first-order valence-electron chi connectivity index (χ1n) is 6.93. The zero-order valence-electron chi connectivity index (χ0n) is 12.5. The minimum absolute atomic E-state index is 0.292. The van der Waals surface area contributed by atoms with Gasteiger partial charge in [0.2, 0.25) is 0 Å². The van der Waals surface area contributed by atoms with Crippen LogP contribution >= 0.6 is 0 Å². The number of amides is 1. The third kappa shape index (κ3) is 2.52. The second-order valence-electron chi connectivity index (χ2n) is 5.06. The van der Waals surface area contributed by atoms with E-state index >= 15 is 0 Å². The fourth-order valence-electron chi connectivity index (χ4n) is 2.59. The summed E-state index contributed by atoms with van der Waals surface area (Å²) in [4.78, 5) is 15.6. The molecule has 118 valence electrons. The van der Waals surface area contributed by atoms with Gasteiger partial charge < -0.3 is 15.0 Å². The third-order valence-corrected chi connectivity index (χ3v) is 3.62. The van der Waals surface area contributed by atoms with Crippen molar-refractivity contribution >= 4 is 22.5 Å². The van der Waals surface area contributed by atoms with E-state index in [4.69, 9.17) is 4.74 Å². The molecular formula is C17H14F2N2O2.